The molecule has 2 aliphatic heterocycles. The molecule has 2 saturated carbocycles. The standard InChI is InChI=1S/C34H43N5O10S/c1-4-26-27(36-32(43)44)30(41)39-19-23(49-29-24-10-9-22(47-3)16-20(24)11-14-35-29)17-25(39)28(40)37-34(18-21(34)8-6-5-7-15-48-26)31(42)38-50(45,46)33(2)12-13-33/h6,8-11,14,16,21,23,25-27,36H,4-5,7,12-13,15,17-19H2,1-3H3,(H,37,40)(H,38,42)(H,43,44)/t21-,23-,25+,26+,27+,34-/m1/s1. The summed E-state index contributed by atoms with van der Waals surface area (Å²) in [5.74, 6) is -1.81. The number of carboxylic acid groups (broad SMARTS) is 1. The van der Waals surface area contributed by atoms with Crippen LogP contribution in [0.4, 0.5) is 4.79 Å². The molecule has 0 radical (unpaired) electrons. The molecule has 1 aromatic heterocycles. The second kappa shape index (κ2) is 13.7. The second-order valence-corrected chi connectivity index (χ2v) is 15.9. The monoisotopic (exact) mass is 713 g/mol. The van der Waals surface area contributed by atoms with Crippen molar-refractivity contribution in [1.82, 2.24) is 25.2 Å². The lowest BCUT2D eigenvalue weighted by atomic mass is 10.1. The summed E-state index contributed by atoms with van der Waals surface area (Å²) in [6.45, 7) is 3.46. The number of carbonyl (C=O) groups excluding carboxylic acids is 3. The first-order valence-corrected chi connectivity index (χ1v) is 18.4. The van der Waals surface area contributed by atoms with Crippen LogP contribution in [0.2, 0.25) is 0 Å². The van der Waals surface area contributed by atoms with Crippen molar-refractivity contribution in [1.29, 1.82) is 0 Å². The maximum Gasteiger partial charge on any atom is 0.405 e. The highest BCUT2D eigenvalue weighted by atomic mass is 32.2. The van der Waals surface area contributed by atoms with Gasteiger partial charge in [-0.2, -0.15) is 0 Å². The molecule has 16 heteroatoms. The Labute approximate surface area is 290 Å². The van der Waals surface area contributed by atoms with Gasteiger partial charge in [0.25, 0.3) is 5.91 Å². The smallest absolute Gasteiger partial charge is 0.405 e. The van der Waals surface area contributed by atoms with Crippen LogP contribution in [0.25, 0.3) is 10.8 Å². The van der Waals surface area contributed by atoms with Gasteiger partial charge in [-0.25, -0.2) is 18.2 Å². The molecule has 270 valence electrons. The van der Waals surface area contributed by atoms with Gasteiger partial charge in [0.2, 0.25) is 27.7 Å². The van der Waals surface area contributed by atoms with Crippen LogP contribution < -0.4 is 24.8 Å². The molecule has 1 aromatic carbocycles. The van der Waals surface area contributed by atoms with Crippen LogP contribution in [-0.2, 0) is 29.1 Å². The van der Waals surface area contributed by atoms with Gasteiger partial charge in [-0.3, -0.25) is 19.1 Å². The van der Waals surface area contributed by atoms with Gasteiger partial charge in [0.1, 0.15) is 29.5 Å². The summed E-state index contributed by atoms with van der Waals surface area (Å²) in [4.78, 5) is 59.8. The van der Waals surface area contributed by atoms with E-state index in [2.05, 4.69) is 20.3 Å². The molecule has 2 aliphatic carbocycles. The van der Waals surface area contributed by atoms with E-state index < -0.39 is 74.3 Å². The molecule has 1 saturated heterocycles. The number of benzene rings is 1. The van der Waals surface area contributed by atoms with Crippen molar-refractivity contribution in [2.45, 2.75) is 93.4 Å². The van der Waals surface area contributed by atoms with Gasteiger partial charge >= 0.3 is 6.09 Å². The molecule has 0 bridgehead atoms. The molecular formula is C34H43N5O10S. The SMILES string of the molecule is CC[C@@H]1OCCCC=C[C@@H]2C[C@@]2(C(=O)NS(=O)(=O)C2(C)CC2)NC(=O)[C@@H]2C[C@@H](Oc3nccc4cc(OC)ccc34)CN2C(=O)[C@H]1NC(=O)O. The van der Waals surface area contributed by atoms with Crippen molar-refractivity contribution < 1.29 is 46.9 Å². The Morgan fingerprint density at radius 1 is 1.22 bits per heavy atom. The predicted octanol–water partition coefficient (Wildman–Crippen LogP) is 2.25. The number of hydrogen-bond donors (Lipinski definition) is 4. The van der Waals surface area contributed by atoms with Crippen molar-refractivity contribution in [2.75, 3.05) is 20.3 Å². The maximum atomic E-state index is 14.3. The van der Waals surface area contributed by atoms with Crippen molar-refractivity contribution in [3.63, 3.8) is 0 Å². The Morgan fingerprint density at radius 3 is 2.70 bits per heavy atom. The van der Waals surface area contributed by atoms with Crippen LogP contribution >= 0.6 is 0 Å². The third-order valence-electron chi connectivity index (χ3n) is 10.2. The molecule has 0 spiro atoms. The molecule has 50 heavy (non-hydrogen) atoms. The molecule has 4 aliphatic rings. The van der Waals surface area contributed by atoms with E-state index >= 15 is 0 Å². The highest BCUT2D eigenvalue weighted by Crippen LogP contribution is 2.47. The normalized spacial score (nSPS) is 29.4. The lowest BCUT2D eigenvalue weighted by Crippen LogP contribution is -2.60. The zero-order valence-electron chi connectivity index (χ0n) is 28.2. The van der Waals surface area contributed by atoms with E-state index in [9.17, 15) is 32.7 Å². The molecule has 3 heterocycles. The summed E-state index contributed by atoms with van der Waals surface area (Å²) in [5.41, 5.74) is -1.56. The van der Waals surface area contributed by atoms with Gasteiger partial charge in [-0.15, -0.1) is 0 Å². The van der Waals surface area contributed by atoms with Gasteiger partial charge in [0.05, 0.1) is 24.5 Å². The summed E-state index contributed by atoms with van der Waals surface area (Å²) in [6.07, 6.45) is 4.57. The zero-order chi connectivity index (χ0) is 35.8. The molecule has 6 rings (SSSR count). The number of carbonyl (C=O) groups is 4. The summed E-state index contributed by atoms with van der Waals surface area (Å²) >= 11 is 0. The molecule has 4 amide bonds. The molecule has 2 aromatic rings. The van der Waals surface area contributed by atoms with E-state index in [1.807, 2.05) is 12.1 Å². The minimum atomic E-state index is -4.00. The van der Waals surface area contributed by atoms with Gasteiger partial charge < -0.3 is 34.9 Å². The average Bonchev–Trinajstić information content (AvgIpc) is 3.96. The Morgan fingerprint density at radius 2 is 2.00 bits per heavy atom. The van der Waals surface area contributed by atoms with E-state index in [1.165, 1.54) is 4.90 Å². The fourth-order valence-corrected chi connectivity index (χ4v) is 8.03. The molecule has 3 fully saturated rings. The number of rotatable bonds is 8. The zero-order valence-corrected chi connectivity index (χ0v) is 29.0. The quantitative estimate of drug-likeness (QED) is 0.292. The summed E-state index contributed by atoms with van der Waals surface area (Å²) in [7, 11) is -2.45. The first-order valence-electron chi connectivity index (χ1n) is 16.9. The second-order valence-electron chi connectivity index (χ2n) is 13.7. The van der Waals surface area contributed by atoms with Crippen molar-refractivity contribution >= 4 is 44.6 Å². The first kappa shape index (κ1) is 35.4. The summed E-state index contributed by atoms with van der Waals surface area (Å²) < 4.78 is 44.9. The number of fused-ring (bicyclic) bond motifs is 3. The van der Waals surface area contributed by atoms with E-state index in [-0.39, 0.29) is 31.9 Å². The molecule has 6 atom stereocenters. The van der Waals surface area contributed by atoms with Crippen LogP contribution in [0.5, 0.6) is 11.6 Å². The lowest BCUT2D eigenvalue weighted by molar-refractivity contribution is -0.144. The Balaban J connectivity index is 1.33. The summed E-state index contributed by atoms with van der Waals surface area (Å²) in [5, 5.41) is 16.3. The van der Waals surface area contributed by atoms with E-state index in [4.69, 9.17) is 14.2 Å². The van der Waals surface area contributed by atoms with Crippen LogP contribution in [0.3, 0.4) is 0 Å². The Hall–Kier alpha value is -4.44. The van der Waals surface area contributed by atoms with E-state index in [1.54, 1.807) is 51.4 Å². The molecule has 4 N–H and O–H groups in total. The number of nitrogens with one attached hydrogen (secondary N) is 3. The first-order chi connectivity index (χ1) is 23.8. The highest BCUT2D eigenvalue weighted by molar-refractivity contribution is 7.91. The lowest BCUT2D eigenvalue weighted by Gasteiger charge is -2.32. The van der Waals surface area contributed by atoms with Crippen molar-refractivity contribution in [2.24, 2.45) is 5.92 Å². The fraction of sp³-hybridized carbons (Fsp3) is 0.559. The largest absolute Gasteiger partial charge is 0.497 e. The van der Waals surface area contributed by atoms with Crippen LogP contribution in [0.15, 0.2) is 42.6 Å². The van der Waals surface area contributed by atoms with Gasteiger partial charge in [-0.1, -0.05) is 19.1 Å². The van der Waals surface area contributed by atoms with Crippen molar-refractivity contribution in [3.8, 4) is 11.6 Å². The number of sulfonamides is 1. The molecule has 0 unspecified atom stereocenters. The van der Waals surface area contributed by atoms with Crippen LogP contribution in [0.1, 0.15) is 58.8 Å². The third-order valence-corrected chi connectivity index (χ3v) is 12.4. The Bertz CT molecular complexity index is 1810. The number of aromatic nitrogens is 1. The summed E-state index contributed by atoms with van der Waals surface area (Å²) in [6, 6.07) is 4.62. The van der Waals surface area contributed by atoms with Crippen LogP contribution in [-0.4, -0.2) is 102 Å². The van der Waals surface area contributed by atoms with E-state index in [0.29, 0.717) is 43.2 Å². The third kappa shape index (κ3) is 6.95. The Kier molecular flexibility index (Phi) is 9.70. The minimum Gasteiger partial charge on any atom is -0.497 e. The van der Waals surface area contributed by atoms with Crippen molar-refractivity contribution in [3.05, 3.63) is 42.6 Å². The number of pyridine rings is 1. The molecule has 15 nitrogen and oxygen atoms in total. The fourth-order valence-electron chi connectivity index (χ4n) is 6.72. The number of hydrogen-bond acceptors (Lipinski definition) is 10. The predicted molar refractivity (Wildman–Crippen MR) is 180 cm³/mol. The molecular weight excluding hydrogens is 670 g/mol. The number of allylic oxidation sites excluding steroid dienone is 1. The number of amides is 4. The number of ether oxygens (including phenoxy) is 3. The highest BCUT2D eigenvalue weighted by Gasteiger charge is 2.63. The van der Waals surface area contributed by atoms with Gasteiger partial charge in [0.15, 0.2) is 0 Å². The van der Waals surface area contributed by atoms with E-state index in [0.717, 1.165) is 5.39 Å². The van der Waals surface area contributed by atoms with Gasteiger partial charge in [-0.05, 0) is 75.1 Å². The average molecular weight is 714 g/mol. The minimum absolute atomic E-state index is 0.0161. The number of methoxy groups -OCH3 is 1. The van der Waals surface area contributed by atoms with Gasteiger partial charge in [0, 0.05) is 30.5 Å². The number of nitrogens with zero attached hydrogens (tertiary/aromatic N) is 2. The topological polar surface area (TPSA) is 203 Å². The van der Waals surface area contributed by atoms with Crippen LogP contribution in [0, 0.1) is 5.92 Å². The maximum absolute atomic E-state index is 14.3.